The van der Waals surface area contributed by atoms with Crippen molar-refractivity contribution >= 4 is 23.6 Å². The number of urea groups is 1. The molecule has 0 saturated heterocycles. The van der Waals surface area contributed by atoms with Gasteiger partial charge in [-0.15, -0.1) is 4.58 Å². The molecule has 0 radical (unpaired) electrons. The average Bonchev–Trinajstić information content (AvgIpc) is 2.96. The summed E-state index contributed by atoms with van der Waals surface area (Å²) in [7, 11) is 4.45. The van der Waals surface area contributed by atoms with Crippen LogP contribution in [0.3, 0.4) is 0 Å². The van der Waals surface area contributed by atoms with Crippen molar-refractivity contribution in [3.05, 3.63) is 23.8 Å². The molecule has 2 heterocycles. The van der Waals surface area contributed by atoms with Crippen molar-refractivity contribution in [2.24, 2.45) is 4.99 Å². The van der Waals surface area contributed by atoms with E-state index in [0.29, 0.717) is 17.2 Å². The highest BCUT2D eigenvalue weighted by molar-refractivity contribution is 6.16. The second kappa shape index (κ2) is 4.92. The Morgan fingerprint density at radius 1 is 1.41 bits per heavy atom. The molecular formula is C14H15N4O4+. The Hall–Kier alpha value is -2.74. The second-order valence-electron chi connectivity index (χ2n) is 5.09. The van der Waals surface area contributed by atoms with Gasteiger partial charge in [0.1, 0.15) is 5.75 Å². The number of amidine groups is 2. The SMILES string of the molecule is COc1cc(C2=NC3C(=O)N(C)C(=O)[N+](C)=C3[NH2+]2)ccc1[O-]. The van der Waals surface area contributed by atoms with Crippen LogP contribution in [0, 0.1) is 0 Å². The number of hydrogen-bond acceptors (Lipinski definition) is 5. The summed E-state index contributed by atoms with van der Waals surface area (Å²) in [5, 5.41) is 13.3. The van der Waals surface area contributed by atoms with Gasteiger partial charge >= 0.3 is 17.8 Å². The van der Waals surface area contributed by atoms with Crippen LogP contribution in [0.25, 0.3) is 0 Å². The molecule has 0 aromatic heterocycles. The number of hydrogen-bond donors (Lipinski definition) is 1. The molecule has 1 unspecified atom stereocenters. The van der Waals surface area contributed by atoms with Gasteiger partial charge in [0.2, 0.25) is 5.84 Å². The van der Waals surface area contributed by atoms with Crippen LogP contribution in [0.5, 0.6) is 11.5 Å². The van der Waals surface area contributed by atoms with Gasteiger partial charge in [0.15, 0.2) is 0 Å². The number of ether oxygens (including phenoxy) is 1. The second-order valence-corrected chi connectivity index (χ2v) is 5.09. The van der Waals surface area contributed by atoms with E-state index in [-0.39, 0.29) is 17.4 Å². The van der Waals surface area contributed by atoms with Crippen molar-refractivity contribution in [3.63, 3.8) is 0 Å². The monoisotopic (exact) mass is 303 g/mol. The minimum atomic E-state index is -0.722. The first kappa shape index (κ1) is 14.2. The molecule has 1 aromatic rings. The number of benzene rings is 1. The number of aliphatic imine (C=N–C) groups is 1. The Labute approximate surface area is 126 Å². The fourth-order valence-electron chi connectivity index (χ4n) is 2.52. The largest absolute Gasteiger partial charge is 0.870 e. The lowest BCUT2D eigenvalue weighted by Gasteiger charge is -2.15. The molecule has 0 saturated carbocycles. The maximum Gasteiger partial charge on any atom is 0.504 e. The minimum Gasteiger partial charge on any atom is -0.870 e. The van der Waals surface area contributed by atoms with Crippen LogP contribution in [0.4, 0.5) is 4.79 Å². The molecule has 3 amide bonds. The van der Waals surface area contributed by atoms with Crippen LogP contribution >= 0.6 is 0 Å². The maximum absolute atomic E-state index is 12.2. The zero-order valence-corrected chi connectivity index (χ0v) is 12.4. The molecule has 3 rings (SSSR count). The van der Waals surface area contributed by atoms with Gasteiger partial charge in [-0.2, -0.15) is 9.69 Å². The van der Waals surface area contributed by atoms with Crippen molar-refractivity contribution in [1.82, 2.24) is 4.90 Å². The smallest absolute Gasteiger partial charge is 0.504 e. The summed E-state index contributed by atoms with van der Waals surface area (Å²) in [6.45, 7) is 0. The van der Waals surface area contributed by atoms with E-state index < -0.39 is 12.1 Å². The summed E-state index contributed by atoms with van der Waals surface area (Å²) in [4.78, 5) is 29.6. The number of quaternary nitrogens is 1. The van der Waals surface area contributed by atoms with Crippen LogP contribution in [-0.4, -0.2) is 60.3 Å². The van der Waals surface area contributed by atoms with Gasteiger partial charge in [-0.05, 0) is 12.1 Å². The first-order chi connectivity index (χ1) is 10.4. The first-order valence-electron chi connectivity index (χ1n) is 6.64. The van der Waals surface area contributed by atoms with Crippen LogP contribution < -0.4 is 15.2 Å². The van der Waals surface area contributed by atoms with Crippen molar-refractivity contribution in [1.29, 1.82) is 0 Å². The molecule has 0 spiro atoms. The highest BCUT2D eigenvalue weighted by atomic mass is 16.5. The minimum absolute atomic E-state index is 0.210. The molecule has 0 bridgehead atoms. The first-order valence-corrected chi connectivity index (χ1v) is 6.64. The molecule has 0 aliphatic carbocycles. The molecule has 8 heteroatoms. The van der Waals surface area contributed by atoms with Crippen molar-refractivity contribution in [3.8, 4) is 11.5 Å². The normalized spacial score (nSPS) is 21.1. The summed E-state index contributed by atoms with van der Waals surface area (Å²) in [5.41, 5.74) is 0.662. The lowest BCUT2D eigenvalue weighted by Crippen LogP contribution is -2.93. The quantitative estimate of drug-likeness (QED) is 0.644. The molecule has 2 aliphatic heterocycles. The van der Waals surface area contributed by atoms with Crippen LogP contribution in [0.2, 0.25) is 0 Å². The Kier molecular flexibility index (Phi) is 3.18. The predicted molar refractivity (Wildman–Crippen MR) is 74.0 cm³/mol. The molecular weight excluding hydrogens is 288 g/mol. The third kappa shape index (κ3) is 1.96. The van der Waals surface area contributed by atoms with Crippen molar-refractivity contribution in [2.75, 3.05) is 21.2 Å². The maximum atomic E-state index is 12.2. The van der Waals surface area contributed by atoms with E-state index in [4.69, 9.17) is 4.74 Å². The highest BCUT2D eigenvalue weighted by Gasteiger charge is 2.51. The summed E-state index contributed by atoms with van der Waals surface area (Å²) in [5.74, 6) is 0.700. The Morgan fingerprint density at radius 3 is 2.82 bits per heavy atom. The third-order valence-corrected chi connectivity index (χ3v) is 3.82. The molecule has 0 fully saturated rings. The van der Waals surface area contributed by atoms with Gasteiger partial charge in [0.25, 0.3) is 6.04 Å². The van der Waals surface area contributed by atoms with Crippen LogP contribution in [0.15, 0.2) is 23.2 Å². The zero-order valence-electron chi connectivity index (χ0n) is 12.4. The zero-order chi connectivity index (χ0) is 16.0. The van der Waals surface area contributed by atoms with Gasteiger partial charge < -0.3 is 9.84 Å². The number of amides is 3. The number of rotatable bonds is 2. The standard InChI is InChI=1S/C14H14N4O4/c1-17-12-10(13(20)18(2)14(17)21)15-11(16-12)7-4-5-8(19)9(6-7)22-3/h4-6,10H,1-3H3,(H,15,19)/p+1. The number of fused-ring (bicyclic) bond motifs is 1. The number of methoxy groups -OCH3 is 1. The molecule has 22 heavy (non-hydrogen) atoms. The Morgan fingerprint density at radius 2 is 2.14 bits per heavy atom. The Balaban J connectivity index is 2.03. The van der Waals surface area contributed by atoms with E-state index in [1.807, 2.05) is 0 Å². The Bertz CT molecular complexity index is 753. The summed E-state index contributed by atoms with van der Waals surface area (Å²) >= 11 is 0. The van der Waals surface area contributed by atoms with E-state index in [1.54, 1.807) is 24.5 Å². The highest BCUT2D eigenvalue weighted by Crippen LogP contribution is 2.24. The van der Waals surface area contributed by atoms with E-state index in [9.17, 15) is 14.7 Å². The van der Waals surface area contributed by atoms with Gasteiger partial charge in [-0.25, -0.2) is 15.1 Å². The lowest BCUT2D eigenvalue weighted by molar-refractivity contribution is -0.514. The summed E-state index contributed by atoms with van der Waals surface area (Å²) in [6.07, 6.45) is 0. The molecule has 2 aliphatic rings. The molecule has 1 atom stereocenters. The molecule has 1 aromatic carbocycles. The number of nitrogens with zero attached hydrogens (tertiary/aromatic N) is 3. The molecule has 8 nitrogen and oxygen atoms in total. The summed E-state index contributed by atoms with van der Waals surface area (Å²) < 4.78 is 6.42. The molecule has 2 N–H and O–H groups in total. The molecule has 114 valence electrons. The van der Waals surface area contributed by atoms with Gasteiger partial charge in [0.05, 0.1) is 26.8 Å². The summed E-state index contributed by atoms with van der Waals surface area (Å²) in [6, 6.07) is 3.47. The number of likely N-dealkylation sites (N-methyl/N-ethyl adjacent to an activating group) is 1. The predicted octanol–water partition coefficient (Wildman–Crippen LogP) is -1.91. The van der Waals surface area contributed by atoms with Crippen molar-refractivity contribution in [2.45, 2.75) is 6.04 Å². The van der Waals surface area contributed by atoms with E-state index in [0.717, 1.165) is 4.90 Å². The van der Waals surface area contributed by atoms with Crippen molar-refractivity contribution < 1.29 is 29.3 Å². The van der Waals surface area contributed by atoms with E-state index in [2.05, 4.69) is 4.99 Å². The lowest BCUT2D eigenvalue weighted by atomic mass is 10.2. The number of carbonyl (C=O) groups is 2. The topological polar surface area (TPSA) is 102 Å². The van der Waals surface area contributed by atoms with Crippen LogP contribution in [-0.2, 0) is 4.79 Å². The number of imide groups is 1. The van der Waals surface area contributed by atoms with E-state index >= 15 is 0 Å². The fourth-order valence-corrected chi connectivity index (χ4v) is 2.52. The average molecular weight is 303 g/mol. The van der Waals surface area contributed by atoms with E-state index in [1.165, 1.54) is 24.8 Å². The van der Waals surface area contributed by atoms with Gasteiger partial charge in [-0.1, -0.05) is 11.8 Å². The third-order valence-electron chi connectivity index (χ3n) is 3.82. The van der Waals surface area contributed by atoms with Crippen LogP contribution in [0.1, 0.15) is 5.56 Å². The fraction of sp³-hybridized carbons (Fsp3) is 0.286. The number of carbonyl (C=O) groups excluding carboxylic acids is 2. The van der Waals surface area contributed by atoms with Gasteiger partial charge in [-0.3, -0.25) is 0 Å². The number of nitrogens with two attached hydrogens (primary N) is 1. The van der Waals surface area contributed by atoms with Gasteiger partial charge in [0, 0.05) is 0 Å².